The molecule has 1 fully saturated rings. The minimum Gasteiger partial charge on any atom is -0.507 e. The van der Waals surface area contributed by atoms with Gasteiger partial charge in [-0.1, -0.05) is 6.07 Å². The van der Waals surface area contributed by atoms with Crippen molar-refractivity contribution in [2.45, 2.75) is 6.04 Å². The Morgan fingerprint density at radius 3 is 2.21 bits per heavy atom. The van der Waals surface area contributed by atoms with Crippen LogP contribution in [0.2, 0.25) is 0 Å². The number of hydrogen-bond donors (Lipinski definition) is 1. The predicted molar refractivity (Wildman–Crippen MR) is 128 cm³/mol. The van der Waals surface area contributed by atoms with Gasteiger partial charge in [-0.25, -0.2) is 0 Å². The zero-order valence-electron chi connectivity index (χ0n) is 19.2. The second-order valence-electron chi connectivity index (χ2n) is 7.76. The van der Waals surface area contributed by atoms with Crippen LogP contribution >= 0.6 is 15.9 Å². The van der Waals surface area contributed by atoms with E-state index < -0.39 is 17.7 Å². The maximum atomic E-state index is 13.1. The number of aliphatic hydroxyl groups is 1. The molecule has 3 rings (SSSR count). The number of halogens is 1. The molecule has 1 N–H and O–H groups in total. The summed E-state index contributed by atoms with van der Waals surface area (Å²) in [4.78, 5) is 29.6. The molecular weight excluding hydrogens is 492 g/mol. The third-order valence-corrected chi connectivity index (χ3v) is 6.10. The molecule has 1 heterocycles. The van der Waals surface area contributed by atoms with Crippen LogP contribution < -0.4 is 14.2 Å². The Labute approximate surface area is 201 Å². The van der Waals surface area contributed by atoms with Gasteiger partial charge in [-0.05, 0) is 65.9 Å². The quantitative estimate of drug-likeness (QED) is 0.325. The highest BCUT2D eigenvalue weighted by molar-refractivity contribution is 9.10. The van der Waals surface area contributed by atoms with Crippen molar-refractivity contribution in [1.82, 2.24) is 9.80 Å². The summed E-state index contributed by atoms with van der Waals surface area (Å²) in [5.74, 6) is -0.104. The molecule has 0 bridgehead atoms. The highest BCUT2D eigenvalue weighted by Crippen LogP contribution is 2.42. The lowest BCUT2D eigenvalue weighted by Gasteiger charge is -2.27. The fraction of sp³-hybridized carbons (Fsp3) is 0.333. The lowest BCUT2D eigenvalue weighted by molar-refractivity contribution is -0.140. The van der Waals surface area contributed by atoms with Gasteiger partial charge in [-0.2, -0.15) is 0 Å². The molecule has 9 heteroatoms. The Balaban J connectivity index is 2.19. The fourth-order valence-electron chi connectivity index (χ4n) is 3.76. The van der Waals surface area contributed by atoms with Crippen molar-refractivity contribution < 1.29 is 28.9 Å². The number of likely N-dealkylation sites (N-methyl/N-ethyl adjacent to an activating group) is 1. The smallest absolute Gasteiger partial charge is 0.295 e. The third kappa shape index (κ3) is 4.84. The largest absolute Gasteiger partial charge is 0.507 e. The van der Waals surface area contributed by atoms with Crippen LogP contribution in [0.25, 0.3) is 5.76 Å². The number of Topliss-reactive ketones (excluding diaryl/α,β-unsaturated/α-hetero) is 1. The predicted octanol–water partition coefficient (Wildman–Crippen LogP) is 3.46. The number of rotatable bonds is 8. The van der Waals surface area contributed by atoms with Gasteiger partial charge in [0.15, 0.2) is 11.5 Å². The van der Waals surface area contributed by atoms with Crippen LogP contribution in [-0.4, -0.2) is 75.1 Å². The van der Waals surface area contributed by atoms with Crippen LogP contribution in [0, 0.1) is 0 Å². The number of ketones is 1. The molecule has 0 radical (unpaired) electrons. The summed E-state index contributed by atoms with van der Waals surface area (Å²) in [6.45, 7) is 0.852. The van der Waals surface area contributed by atoms with E-state index in [9.17, 15) is 14.7 Å². The number of likely N-dealkylation sites (tertiary alicyclic amines) is 1. The van der Waals surface area contributed by atoms with E-state index in [4.69, 9.17) is 14.2 Å². The Hall–Kier alpha value is -3.04. The maximum absolute atomic E-state index is 13.1. The number of hydrogen-bond acceptors (Lipinski definition) is 7. The zero-order chi connectivity index (χ0) is 24.3. The summed E-state index contributed by atoms with van der Waals surface area (Å²) < 4.78 is 16.6. The van der Waals surface area contributed by atoms with Gasteiger partial charge >= 0.3 is 0 Å². The molecule has 0 aliphatic carbocycles. The molecule has 1 saturated heterocycles. The van der Waals surface area contributed by atoms with Crippen LogP contribution in [0.3, 0.4) is 0 Å². The van der Waals surface area contributed by atoms with E-state index in [-0.39, 0.29) is 11.3 Å². The molecule has 2 aromatic carbocycles. The number of ether oxygens (including phenoxy) is 3. The number of amides is 1. The molecule has 1 amide bonds. The molecule has 0 aromatic heterocycles. The van der Waals surface area contributed by atoms with Crippen LogP contribution in [0.4, 0.5) is 0 Å². The van der Waals surface area contributed by atoms with Crippen molar-refractivity contribution in [3.05, 3.63) is 57.6 Å². The molecule has 8 nitrogen and oxygen atoms in total. The number of aliphatic hydroxyl groups excluding tert-OH is 1. The highest BCUT2D eigenvalue weighted by atomic mass is 79.9. The normalized spacial score (nSPS) is 17.5. The number of methoxy groups -OCH3 is 3. The average Bonchev–Trinajstić information content (AvgIpc) is 3.06. The van der Waals surface area contributed by atoms with E-state index >= 15 is 0 Å². The van der Waals surface area contributed by atoms with Crippen LogP contribution in [0.5, 0.6) is 17.2 Å². The number of nitrogens with zero attached hydrogens (tertiary/aromatic N) is 2. The van der Waals surface area contributed by atoms with Gasteiger partial charge in [0.2, 0.25) is 0 Å². The minimum absolute atomic E-state index is 0.0167. The third-order valence-electron chi connectivity index (χ3n) is 5.48. The molecule has 176 valence electrons. The summed E-state index contributed by atoms with van der Waals surface area (Å²) in [6, 6.07) is 9.36. The summed E-state index contributed by atoms with van der Waals surface area (Å²) in [5.41, 5.74) is 1.03. The number of carbonyl (C=O) groups excluding carboxylic acids is 2. The zero-order valence-corrected chi connectivity index (χ0v) is 20.8. The Kier molecular flexibility index (Phi) is 7.65. The SMILES string of the molecule is COc1ccc(/C(O)=C2/C(=O)C(=O)N(CCN(C)C)C2c2ccc(OC)c(OC)c2)cc1Br. The topological polar surface area (TPSA) is 88.5 Å². The molecule has 1 aliphatic rings. The van der Waals surface area contributed by atoms with Crippen molar-refractivity contribution in [2.75, 3.05) is 48.5 Å². The first-order chi connectivity index (χ1) is 15.7. The van der Waals surface area contributed by atoms with E-state index in [2.05, 4.69) is 15.9 Å². The maximum Gasteiger partial charge on any atom is 0.295 e. The molecule has 1 aliphatic heterocycles. The van der Waals surface area contributed by atoms with Crippen molar-refractivity contribution in [3.8, 4) is 17.2 Å². The minimum atomic E-state index is -0.786. The Morgan fingerprint density at radius 2 is 1.64 bits per heavy atom. The second kappa shape index (κ2) is 10.3. The Bertz CT molecular complexity index is 1100. The molecule has 33 heavy (non-hydrogen) atoms. The van der Waals surface area contributed by atoms with Crippen molar-refractivity contribution in [1.29, 1.82) is 0 Å². The van der Waals surface area contributed by atoms with Gasteiger partial charge in [0, 0.05) is 18.7 Å². The van der Waals surface area contributed by atoms with E-state index in [1.807, 2.05) is 19.0 Å². The lowest BCUT2D eigenvalue weighted by atomic mass is 9.95. The van der Waals surface area contributed by atoms with Gasteiger partial charge in [0.05, 0.1) is 37.4 Å². The van der Waals surface area contributed by atoms with E-state index in [1.165, 1.54) is 26.2 Å². The standard InChI is InChI=1S/C24H27BrN2O6/c1-26(2)10-11-27-21(14-6-9-18(32-4)19(13-14)33-5)20(23(29)24(27)30)22(28)15-7-8-17(31-3)16(25)12-15/h6-9,12-13,21,28H,10-11H2,1-5H3/b22-20-. The summed E-state index contributed by atoms with van der Waals surface area (Å²) >= 11 is 3.40. The fourth-order valence-corrected chi connectivity index (χ4v) is 4.30. The summed E-state index contributed by atoms with van der Waals surface area (Å²) in [7, 11) is 8.35. The van der Waals surface area contributed by atoms with Crippen molar-refractivity contribution in [3.63, 3.8) is 0 Å². The van der Waals surface area contributed by atoms with Gasteiger partial charge in [-0.3, -0.25) is 9.59 Å². The van der Waals surface area contributed by atoms with E-state index in [1.54, 1.807) is 36.4 Å². The van der Waals surface area contributed by atoms with Crippen LogP contribution in [0.15, 0.2) is 46.4 Å². The van der Waals surface area contributed by atoms with Gasteiger partial charge < -0.3 is 29.1 Å². The monoisotopic (exact) mass is 518 g/mol. The first kappa shape index (κ1) is 24.6. The molecule has 1 atom stereocenters. The number of carbonyl (C=O) groups is 2. The first-order valence-electron chi connectivity index (χ1n) is 10.2. The molecule has 0 spiro atoms. The first-order valence-corrected chi connectivity index (χ1v) is 11.0. The van der Waals surface area contributed by atoms with E-state index in [0.717, 1.165) is 0 Å². The second-order valence-corrected chi connectivity index (χ2v) is 8.61. The molecular formula is C24H27BrN2O6. The van der Waals surface area contributed by atoms with Crippen LogP contribution in [0.1, 0.15) is 17.2 Å². The highest BCUT2D eigenvalue weighted by Gasteiger charge is 2.46. The van der Waals surface area contributed by atoms with Gasteiger partial charge in [0.25, 0.3) is 11.7 Å². The van der Waals surface area contributed by atoms with E-state index in [0.29, 0.717) is 45.9 Å². The molecule has 0 saturated carbocycles. The number of benzene rings is 2. The molecule has 1 unspecified atom stereocenters. The lowest BCUT2D eigenvalue weighted by Crippen LogP contribution is -2.35. The molecule has 2 aromatic rings. The average molecular weight is 519 g/mol. The van der Waals surface area contributed by atoms with Crippen LogP contribution in [-0.2, 0) is 9.59 Å². The van der Waals surface area contributed by atoms with Crippen molar-refractivity contribution in [2.24, 2.45) is 0 Å². The summed E-state index contributed by atoms with van der Waals surface area (Å²) in [5, 5.41) is 11.2. The summed E-state index contributed by atoms with van der Waals surface area (Å²) in [6.07, 6.45) is 0. The Morgan fingerprint density at radius 1 is 1.00 bits per heavy atom. The van der Waals surface area contributed by atoms with Crippen molar-refractivity contribution >= 4 is 33.4 Å². The van der Waals surface area contributed by atoms with Gasteiger partial charge in [0.1, 0.15) is 11.5 Å². The van der Waals surface area contributed by atoms with Gasteiger partial charge in [-0.15, -0.1) is 0 Å².